The van der Waals surface area contributed by atoms with Gasteiger partial charge in [0.1, 0.15) is 11.3 Å². The maximum Gasteiger partial charge on any atom is 0.275 e. The molecule has 0 radical (unpaired) electrons. The summed E-state index contributed by atoms with van der Waals surface area (Å²) in [5.74, 6) is 1.13. The second-order valence-corrected chi connectivity index (χ2v) is 3.65. The molecule has 6 nitrogen and oxygen atoms in total. The Balaban J connectivity index is 2.23. The van der Waals surface area contributed by atoms with Crippen molar-refractivity contribution in [3.05, 3.63) is 27.8 Å². The molecule has 1 fully saturated rings. The number of H-pyrrole nitrogens is 2. The summed E-state index contributed by atoms with van der Waals surface area (Å²) in [5, 5.41) is 8.35. The monoisotopic (exact) mass is 209 g/mol. The first kappa shape index (κ1) is 8.75. The molecule has 1 aromatic rings. The summed E-state index contributed by atoms with van der Waals surface area (Å²) in [6.07, 6.45) is 1.78. The molecule has 3 N–H and O–H groups in total. The van der Waals surface area contributed by atoms with Gasteiger partial charge in [0, 0.05) is 12.6 Å². The van der Waals surface area contributed by atoms with Crippen LogP contribution in [0.4, 0.5) is 0 Å². The number of hydrogen-bond acceptors (Lipinski definition) is 4. The first-order valence-electron chi connectivity index (χ1n) is 4.79. The molecule has 0 saturated carbocycles. The zero-order valence-electron chi connectivity index (χ0n) is 8.22. The topological polar surface area (TPSA) is 79.1 Å². The van der Waals surface area contributed by atoms with Crippen molar-refractivity contribution in [3.8, 4) is 5.88 Å². The molecule has 1 spiro atoms. The molecule has 0 aromatic carbocycles. The van der Waals surface area contributed by atoms with Crippen molar-refractivity contribution in [3.63, 3.8) is 0 Å². The Kier molecular flexibility index (Phi) is 1.60. The molecule has 15 heavy (non-hydrogen) atoms. The Morgan fingerprint density at radius 2 is 2.33 bits per heavy atom. The quantitative estimate of drug-likeness (QED) is 0.551. The Morgan fingerprint density at radius 1 is 1.47 bits per heavy atom. The van der Waals surface area contributed by atoms with Gasteiger partial charge in [0.2, 0.25) is 5.88 Å². The van der Waals surface area contributed by atoms with Crippen molar-refractivity contribution in [2.75, 3.05) is 13.2 Å². The molecule has 3 rings (SSSR count). The molecule has 0 bridgehead atoms. The minimum absolute atomic E-state index is 0.219. The average Bonchev–Trinajstić information content (AvgIpc) is 2.75. The maximum absolute atomic E-state index is 11.6. The smallest absolute Gasteiger partial charge is 0.275 e. The van der Waals surface area contributed by atoms with E-state index in [1.807, 2.05) is 6.92 Å². The second-order valence-electron chi connectivity index (χ2n) is 3.65. The van der Waals surface area contributed by atoms with E-state index in [1.54, 1.807) is 6.08 Å². The van der Waals surface area contributed by atoms with Crippen LogP contribution in [0.5, 0.6) is 5.88 Å². The lowest BCUT2D eigenvalue weighted by Gasteiger charge is -2.28. The van der Waals surface area contributed by atoms with Crippen molar-refractivity contribution in [1.82, 2.24) is 15.5 Å². The summed E-state index contributed by atoms with van der Waals surface area (Å²) in [5.41, 5.74) is -0.570. The zero-order valence-corrected chi connectivity index (χ0v) is 8.22. The number of aromatic amines is 2. The van der Waals surface area contributed by atoms with Gasteiger partial charge in [-0.3, -0.25) is 20.3 Å². The number of rotatable bonds is 0. The van der Waals surface area contributed by atoms with Crippen molar-refractivity contribution in [2.45, 2.75) is 12.6 Å². The van der Waals surface area contributed by atoms with E-state index >= 15 is 0 Å². The van der Waals surface area contributed by atoms with Crippen molar-refractivity contribution in [2.24, 2.45) is 0 Å². The number of fused-ring (bicyclic) bond motifs is 2. The van der Waals surface area contributed by atoms with Gasteiger partial charge in [0.15, 0.2) is 5.72 Å². The highest BCUT2D eigenvalue weighted by Gasteiger charge is 2.43. The van der Waals surface area contributed by atoms with Crippen LogP contribution in [0.3, 0.4) is 0 Å². The van der Waals surface area contributed by atoms with E-state index in [1.165, 1.54) is 0 Å². The molecule has 1 atom stereocenters. The summed E-state index contributed by atoms with van der Waals surface area (Å²) < 4.78 is 11.0. The van der Waals surface area contributed by atoms with Gasteiger partial charge in [-0.2, -0.15) is 0 Å². The molecular formula is C9H11N3O3. The molecule has 2 aliphatic heterocycles. The molecule has 0 aliphatic carbocycles. The highest BCUT2D eigenvalue weighted by molar-refractivity contribution is 5.39. The van der Waals surface area contributed by atoms with Gasteiger partial charge >= 0.3 is 0 Å². The molecule has 1 saturated heterocycles. The number of nitrogens with one attached hydrogen (secondary N) is 3. The minimum Gasteiger partial charge on any atom is -0.444 e. The molecule has 80 valence electrons. The Hall–Kier alpha value is -1.53. The van der Waals surface area contributed by atoms with E-state index in [4.69, 9.17) is 9.47 Å². The molecule has 3 heterocycles. The van der Waals surface area contributed by atoms with E-state index in [9.17, 15) is 4.79 Å². The molecule has 6 heteroatoms. The van der Waals surface area contributed by atoms with Crippen LogP contribution in [0.15, 0.2) is 16.6 Å². The normalized spacial score (nSPS) is 28.7. The largest absolute Gasteiger partial charge is 0.444 e. The lowest BCUT2D eigenvalue weighted by molar-refractivity contribution is 0.0194. The van der Waals surface area contributed by atoms with E-state index < -0.39 is 5.72 Å². The number of hydrogen-bond donors (Lipinski definition) is 3. The van der Waals surface area contributed by atoms with Crippen LogP contribution in [-0.2, 0) is 10.5 Å². The molecule has 2 aliphatic rings. The Labute approximate surface area is 85.3 Å². The number of allylic oxidation sites excluding steroid dienone is 1. The fraction of sp³-hybridized carbons (Fsp3) is 0.444. The maximum atomic E-state index is 11.6. The predicted octanol–water partition coefficient (Wildman–Crippen LogP) is -0.228. The third-order valence-electron chi connectivity index (χ3n) is 2.60. The van der Waals surface area contributed by atoms with Gasteiger partial charge in [0.05, 0.1) is 6.61 Å². The molecular weight excluding hydrogens is 198 g/mol. The molecule has 1 aromatic heterocycles. The van der Waals surface area contributed by atoms with Crippen LogP contribution < -0.4 is 15.6 Å². The number of ether oxygens (including phenoxy) is 2. The summed E-state index contributed by atoms with van der Waals surface area (Å²) in [6, 6.07) is 0. The van der Waals surface area contributed by atoms with Gasteiger partial charge in [-0.15, -0.1) is 0 Å². The van der Waals surface area contributed by atoms with Gasteiger partial charge in [0.25, 0.3) is 5.56 Å². The fourth-order valence-corrected chi connectivity index (χ4v) is 2.06. The van der Waals surface area contributed by atoms with Crippen LogP contribution in [0.25, 0.3) is 0 Å². The van der Waals surface area contributed by atoms with Crippen LogP contribution in [0.1, 0.15) is 12.5 Å². The zero-order chi connectivity index (χ0) is 10.5. The predicted molar refractivity (Wildman–Crippen MR) is 51.4 cm³/mol. The third-order valence-corrected chi connectivity index (χ3v) is 2.60. The minimum atomic E-state index is -0.814. The summed E-state index contributed by atoms with van der Waals surface area (Å²) in [6.45, 7) is 3.11. The molecule has 0 amide bonds. The van der Waals surface area contributed by atoms with E-state index in [-0.39, 0.29) is 5.56 Å². The summed E-state index contributed by atoms with van der Waals surface area (Å²) in [4.78, 5) is 11.6. The van der Waals surface area contributed by atoms with E-state index in [0.29, 0.717) is 30.4 Å². The highest BCUT2D eigenvalue weighted by Crippen LogP contribution is 2.35. The second kappa shape index (κ2) is 2.74. The SMILES string of the molecule is CC1=CC2(NCCO2)c2c([nH][nH]c2=O)O1. The lowest BCUT2D eigenvalue weighted by Crippen LogP contribution is -2.42. The Bertz CT molecular complexity index is 479. The van der Waals surface area contributed by atoms with Crippen molar-refractivity contribution in [1.29, 1.82) is 0 Å². The standard InChI is InChI=1S/C9H11N3O3/c1-5-4-9(10-2-3-14-9)6-7(13)11-12-8(6)15-5/h4,10H,2-3H2,1H3,(H2,11,12,13). The lowest BCUT2D eigenvalue weighted by atomic mass is 10.0. The molecule has 1 unspecified atom stereocenters. The highest BCUT2D eigenvalue weighted by atomic mass is 16.5. The van der Waals surface area contributed by atoms with Gasteiger partial charge < -0.3 is 9.47 Å². The van der Waals surface area contributed by atoms with Crippen LogP contribution in [-0.4, -0.2) is 23.3 Å². The van der Waals surface area contributed by atoms with Crippen LogP contribution >= 0.6 is 0 Å². The van der Waals surface area contributed by atoms with E-state index in [0.717, 1.165) is 0 Å². The van der Waals surface area contributed by atoms with Gasteiger partial charge in [-0.1, -0.05) is 0 Å². The summed E-state index contributed by atoms with van der Waals surface area (Å²) >= 11 is 0. The van der Waals surface area contributed by atoms with Crippen molar-refractivity contribution < 1.29 is 9.47 Å². The van der Waals surface area contributed by atoms with Crippen molar-refractivity contribution >= 4 is 0 Å². The van der Waals surface area contributed by atoms with Gasteiger partial charge in [-0.25, -0.2) is 0 Å². The first-order chi connectivity index (χ1) is 7.21. The number of aromatic nitrogens is 2. The van der Waals surface area contributed by atoms with Crippen LogP contribution in [0.2, 0.25) is 0 Å². The van der Waals surface area contributed by atoms with E-state index in [2.05, 4.69) is 15.5 Å². The third kappa shape index (κ3) is 1.09. The van der Waals surface area contributed by atoms with Crippen LogP contribution in [0, 0.1) is 0 Å². The fourth-order valence-electron chi connectivity index (χ4n) is 2.06. The average molecular weight is 209 g/mol. The van der Waals surface area contributed by atoms with Gasteiger partial charge in [-0.05, 0) is 6.92 Å². The Morgan fingerprint density at radius 3 is 3.07 bits per heavy atom. The first-order valence-corrected chi connectivity index (χ1v) is 4.79. The summed E-state index contributed by atoms with van der Waals surface area (Å²) in [7, 11) is 0.